The molecular formula is C14H12ClN3. The summed E-state index contributed by atoms with van der Waals surface area (Å²) >= 11 is 6.04. The van der Waals surface area contributed by atoms with Crippen molar-refractivity contribution < 1.29 is 0 Å². The van der Waals surface area contributed by atoms with E-state index >= 15 is 0 Å². The molecule has 0 aliphatic carbocycles. The summed E-state index contributed by atoms with van der Waals surface area (Å²) in [6.07, 6.45) is 0. The lowest BCUT2D eigenvalue weighted by atomic mass is 10.2. The molecule has 2 aromatic carbocycles. The van der Waals surface area contributed by atoms with Crippen molar-refractivity contribution in [2.24, 2.45) is 0 Å². The topological polar surface area (TPSA) is 43.8 Å². The molecule has 0 aliphatic rings. The van der Waals surface area contributed by atoms with E-state index in [1.54, 1.807) is 0 Å². The Labute approximate surface area is 110 Å². The van der Waals surface area contributed by atoms with Crippen LogP contribution in [0.5, 0.6) is 0 Å². The maximum Gasteiger partial charge on any atom is 0.111 e. The highest BCUT2D eigenvalue weighted by Crippen LogP contribution is 2.24. The summed E-state index contributed by atoms with van der Waals surface area (Å²) in [6, 6.07) is 13.5. The number of hydrogen-bond donors (Lipinski definition) is 1. The fourth-order valence-corrected chi connectivity index (χ4v) is 2.34. The largest absolute Gasteiger partial charge is 0.399 e. The molecule has 1 aromatic heterocycles. The highest BCUT2D eigenvalue weighted by Gasteiger charge is 2.09. The van der Waals surface area contributed by atoms with Crippen molar-refractivity contribution in [3.8, 4) is 5.69 Å². The van der Waals surface area contributed by atoms with E-state index in [0.29, 0.717) is 5.02 Å². The fourth-order valence-electron chi connectivity index (χ4n) is 2.16. The smallest absolute Gasteiger partial charge is 0.111 e. The van der Waals surface area contributed by atoms with E-state index in [4.69, 9.17) is 17.3 Å². The summed E-state index contributed by atoms with van der Waals surface area (Å²) < 4.78 is 2.07. The number of benzene rings is 2. The molecule has 3 aromatic rings. The first-order valence-electron chi connectivity index (χ1n) is 5.66. The van der Waals surface area contributed by atoms with Gasteiger partial charge in [0.25, 0.3) is 0 Å². The van der Waals surface area contributed by atoms with Gasteiger partial charge in [-0.15, -0.1) is 0 Å². The third-order valence-electron chi connectivity index (χ3n) is 2.91. The monoisotopic (exact) mass is 257 g/mol. The first kappa shape index (κ1) is 11.1. The maximum atomic E-state index is 6.04. The minimum atomic E-state index is 0.712. The Bertz CT molecular complexity index is 731. The van der Waals surface area contributed by atoms with E-state index in [2.05, 4.69) is 9.55 Å². The van der Waals surface area contributed by atoms with Crippen molar-refractivity contribution in [3.05, 3.63) is 53.3 Å². The van der Waals surface area contributed by atoms with Gasteiger partial charge in [0.2, 0.25) is 0 Å². The number of anilines is 1. The van der Waals surface area contributed by atoms with Crippen molar-refractivity contribution in [3.63, 3.8) is 0 Å². The summed E-state index contributed by atoms with van der Waals surface area (Å²) in [4.78, 5) is 4.52. The summed E-state index contributed by atoms with van der Waals surface area (Å²) in [5.74, 6) is 0.915. The van der Waals surface area contributed by atoms with Crippen molar-refractivity contribution in [2.75, 3.05) is 5.73 Å². The maximum absolute atomic E-state index is 6.04. The Kier molecular flexibility index (Phi) is 2.49. The number of nitrogen functional groups attached to an aromatic ring is 1. The Morgan fingerprint density at radius 2 is 2.00 bits per heavy atom. The molecule has 0 unspecified atom stereocenters. The lowest BCUT2D eigenvalue weighted by molar-refractivity contribution is 1.00. The van der Waals surface area contributed by atoms with E-state index in [1.807, 2.05) is 49.4 Å². The zero-order valence-electron chi connectivity index (χ0n) is 9.89. The van der Waals surface area contributed by atoms with Crippen LogP contribution in [-0.2, 0) is 0 Å². The van der Waals surface area contributed by atoms with Gasteiger partial charge in [-0.25, -0.2) is 4.98 Å². The lowest BCUT2D eigenvalue weighted by Gasteiger charge is -2.07. The van der Waals surface area contributed by atoms with Crippen LogP contribution in [0.1, 0.15) is 5.82 Å². The number of aromatic nitrogens is 2. The van der Waals surface area contributed by atoms with Crippen molar-refractivity contribution in [2.45, 2.75) is 6.92 Å². The molecule has 0 spiro atoms. The second-order valence-electron chi connectivity index (χ2n) is 4.22. The quantitative estimate of drug-likeness (QED) is 0.678. The number of imidazole rings is 1. The van der Waals surface area contributed by atoms with Crippen LogP contribution >= 0.6 is 11.6 Å². The van der Waals surface area contributed by atoms with Crippen LogP contribution in [0.15, 0.2) is 42.5 Å². The molecule has 0 saturated carbocycles. The predicted molar refractivity (Wildman–Crippen MR) is 75.2 cm³/mol. The first-order chi connectivity index (χ1) is 8.65. The molecule has 1 heterocycles. The van der Waals surface area contributed by atoms with Crippen LogP contribution in [0.4, 0.5) is 5.69 Å². The van der Waals surface area contributed by atoms with E-state index in [0.717, 1.165) is 28.2 Å². The molecule has 0 bridgehead atoms. The van der Waals surface area contributed by atoms with Crippen LogP contribution in [0.2, 0.25) is 5.02 Å². The number of hydrogen-bond acceptors (Lipinski definition) is 2. The van der Waals surface area contributed by atoms with Gasteiger partial charge in [-0.2, -0.15) is 0 Å². The van der Waals surface area contributed by atoms with E-state index < -0.39 is 0 Å². The molecule has 0 fully saturated rings. The van der Waals surface area contributed by atoms with Gasteiger partial charge in [-0.05, 0) is 43.3 Å². The van der Waals surface area contributed by atoms with Crippen molar-refractivity contribution >= 4 is 28.3 Å². The van der Waals surface area contributed by atoms with Crippen molar-refractivity contribution in [1.82, 2.24) is 9.55 Å². The number of halogens is 1. The third kappa shape index (κ3) is 1.73. The van der Waals surface area contributed by atoms with Gasteiger partial charge in [0.1, 0.15) is 5.82 Å². The lowest BCUT2D eigenvalue weighted by Crippen LogP contribution is -1.96. The molecule has 90 valence electrons. The van der Waals surface area contributed by atoms with Gasteiger partial charge in [-0.3, -0.25) is 4.57 Å². The van der Waals surface area contributed by atoms with E-state index in [1.165, 1.54) is 0 Å². The zero-order chi connectivity index (χ0) is 12.7. The molecule has 3 rings (SSSR count). The molecule has 18 heavy (non-hydrogen) atoms. The highest BCUT2D eigenvalue weighted by molar-refractivity contribution is 6.30. The SMILES string of the molecule is Cc1nc2cc(N)ccc2n1-c1cccc(Cl)c1. The number of rotatable bonds is 1. The molecule has 0 aliphatic heterocycles. The van der Waals surface area contributed by atoms with Gasteiger partial charge in [0.05, 0.1) is 11.0 Å². The minimum absolute atomic E-state index is 0.712. The molecule has 0 atom stereocenters. The first-order valence-corrected chi connectivity index (χ1v) is 6.03. The average Bonchev–Trinajstić information content (AvgIpc) is 2.64. The Hall–Kier alpha value is -2.00. The summed E-state index contributed by atoms with van der Waals surface area (Å²) in [7, 11) is 0. The molecule has 2 N–H and O–H groups in total. The number of fused-ring (bicyclic) bond motifs is 1. The Morgan fingerprint density at radius 3 is 2.78 bits per heavy atom. The Balaban J connectivity index is 2.32. The van der Waals surface area contributed by atoms with Gasteiger partial charge in [0, 0.05) is 16.4 Å². The predicted octanol–water partition coefficient (Wildman–Crippen LogP) is 3.57. The molecule has 4 heteroatoms. The summed E-state index contributed by atoms with van der Waals surface area (Å²) in [5.41, 5.74) is 9.43. The summed E-state index contributed by atoms with van der Waals surface area (Å²) in [5, 5.41) is 0.712. The second kappa shape index (κ2) is 4.03. The van der Waals surface area contributed by atoms with Crippen molar-refractivity contribution in [1.29, 1.82) is 0 Å². The summed E-state index contributed by atoms with van der Waals surface area (Å²) in [6.45, 7) is 1.97. The van der Waals surface area contributed by atoms with Gasteiger partial charge in [-0.1, -0.05) is 17.7 Å². The molecule has 3 nitrogen and oxygen atoms in total. The van der Waals surface area contributed by atoms with Crippen LogP contribution in [0, 0.1) is 6.92 Å². The zero-order valence-corrected chi connectivity index (χ0v) is 10.6. The minimum Gasteiger partial charge on any atom is -0.399 e. The van der Waals surface area contributed by atoms with Crippen LogP contribution in [-0.4, -0.2) is 9.55 Å². The molecule has 0 amide bonds. The number of nitrogens with two attached hydrogens (primary N) is 1. The van der Waals surface area contributed by atoms with E-state index in [9.17, 15) is 0 Å². The Morgan fingerprint density at radius 1 is 1.17 bits per heavy atom. The highest BCUT2D eigenvalue weighted by atomic mass is 35.5. The molecular weight excluding hydrogens is 246 g/mol. The second-order valence-corrected chi connectivity index (χ2v) is 4.66. The normalized spacial score (nSPS) is 11.0. The van der Waals surface area contributed by atoms with Gasteiger partial charge in [0.15, 0.2) is 0 Å². The number of nitrogens with zero attached hydrogens (tertiary/aromatic N) is 2. The van der Waals surface area contributed by atoms with E-state index in [-0.39, 0.29) is 0 Å². The standard InChI is InChI=1S/C14H12ClN3/c1-9-17-13-8-11(16)5-6-14(13)18(9)12-4-2-3-10(15)7-12/h2-8H,16H2,1H3. The average molecular weight is 258 g/mol. The molecule has 0 radical (unpaired) electrons. The third-order valence-corrected chi connectivity index (χ3v) is 3.15. The van der Waals surface area contributed by atoms with Crippen LogP contribution < -0.4 is 5.73 Å². The fraction of sp³-hybridized carbons (Fsp3) is 0.0714. The van der Waals surface area contributed by atoms with Crippen LogP contribution in [0.3, 0.4) is 0 Å². The van der Waals surface area contributed by atoms with Crippen LogP contribution in [0.25, 0.3) is 16.7 Å². The van der Waals surface area contributed by atoms with Gasteiger partial charge >= 0.3 is 0 Å². The molecule has 0 saturated heterocycles. The van der Waals surface area contributed by atoms with Gasteiger partial charge < -0.3 is 5.73 Å². The number of aryl methyl sites for hydroxylation is 1.